The SMILES string of the molecule is COc1ccc(-c2nn(C[NH+]3CCN(c4ccc(F)cc4)CC3)c(=S)o2)cc1. The van der Waals surface area contributed by atoms with Crippen molar-refractivity contribution in [3.05, 3.63) is 59.2 Å². The number of anilines is 1. The molecule has 1 aliphatic rings. The minimum absolute atomic E-state index is 0.207. The predicted molar refractivity (Wildman–Crippen MR) is 107 cm³/mol. The molecule has 1 fully saturated rings. The van der Waals surface area contributed by atoms with Crippen molar-refractivity contribution < 1.29 is 18.4 Å². The van der Waals surface area contributed by atoms with Crippen molar-refractivity contribution in [2.24, 2.45) is 0 Å². The van der Waals surface area contributed by atoms with Crippen molar-refractivity contribution >= 4 is 17.9 Å². The fraction of sp³-hybridized carbons (Fsp3) is 0.300. The van der Waals surface area contributed by atoms with E-state index < -0.39 is 0 Å². The number of quaternary nitrogens is 1. The van der Waals surface area contributed by atoms with Gasteiger partial charge in [0.2, 0.25) is 5.89 Å². The van der Waals surface area contributed by atoms with Crippen LogP contribution in [-0.2, 0) is 6.67 Å². The molecule has 0 aliphatic carbocycles. The van der Waals surface area contributed by atoms with E-state index in [0.29, 0.717) is 17.4 Å². The second-order valence-electron chi connectivity index (χ2n) is 6.77. The van der Waals surface area contributed by atoms with Crippen LogP contribution >= 0.6 is 12.2 Å². The van der Waals surface area contributed by atoms with Crippen LogP contribution in [0.5, 0.6) is 5.75 Å². The Kier molecular flexibility index (Phi) is 5.40. The van der Waals surface area contributed by atoms with E-state index in [9.17, 15) is 4.39 Å². The Hall–Kier alpha value is -2.71. The Labute approximate surface area is 167 Å². The predicted octanol–water partition coefficient (Wildman–Crippen LogP) is 2.38. The van der Waals surface area contributed by atoms with Gasteiger partial charge in [0.25, 0.3) is 4.84 Å². The summed E-state index contributed by atoms with van der Waals surface area (Å²) in [6.07, 6.45) is 0. The zero-order chi connectivity index (χ0) is 19.5. The van der Waals surface area contributed by atoms with E-state index in [1.165, 1.54) is 17.0 Å². The van der Waals surface area contributed by atoms with E-state index in [2.05, 4.69) is 10.00 Å². The fourth-order valence-corrected chi connectivity index (χ4v) is 3.54. The molecule has 28 heavy (non-hydrogen) atoms. The van der Waals surface area contributed by atoms with Gasteiger partial charge in [-0.25, -0.2) is 4.39 Å². The molecule has 1 aliphatic heterocycles. The molecule has 6 nitrogen and oxygen atoms in total. The number of halogens is 1. The van der Waals surface area contributed by atoms with Crippen molar-refractivity contribution in [3.63, 3.8) is 0 Å². The van der Waals surface area contributed by atoms with Gasteiger partial charge in [-0.2, -0.15) is 4.68 Å². The van der Waals surface area contributed by atoms with Gasteiger partial charge in [-0.15, -0.1) is 5.10 Å². The molecule has 1 saturated heterocycles. The van der Waals surface area contributed by atoms with Crippen LogP contribution in [0.15, 0.2) is 52.9 Å². The molecule has 0 amide bonds. The van der Waals surface area contributed by atoms with Crippen molar-refractivity contribution in [1.82, 2.24) is 9.78 Å². The summed E-state index contributed by atoms with van der Waals surface area (Å²) in [5.41, 5.74) is 1.92. The second-order valence-corrected chi connectivity index (χ2v) is 7.12. The molecule has 146 valence electrons. The molecule has 2 heterocycles. The van der Waals surface area contributed by atoms with Crippen LogP contribution in [0.2, 0.25) is 0 Å². The summed E-state index contributed by atoms with van der Waals surface area (Å²) in [7, 11) is 1.63. The van der Waals surface area contributed by atoms with Gasteiger partial charge < -0.3 is 19.0 Å². The number of ether oxygens (including phenoxy) is 1. The van der Waals surface area contributed by atoms with Gasteiger partial charge in [-0.1, -0.05) is 0 Å². The van der Waals surface area contributed by atoms with Gasteiger partial charge in [-0.3, -0.25) is 0 Å². The van der Waals surface area contributed by atoms with Gasteiger partial charge in [0, 0.05) is 11.3 Å². The first-order valence-corrected chi connectivity index (χ1v) is 9.59. The van der Waals surface area contributed by atoms with E-state index in [4.69, 9.17) is 21.4 Å². The quantitative estimate of drug-likeness (QED) is 0.666. The zero-order valence-corrected chi connectivity index (χ0v) is 16.4. The highest BCUT2D eigenvalue weighted by Crippen LogP contribution is 2.21. The van der Waals surface area contributed by atoms with E-state index in [0.717, 1.165) is 43.2 Å². The number of nitrogens with one attached hydrogen (secondary N) is 1. The zero-order valence-electron chi connectivity index (χ0n) is 15.6. The van der Waals surface area contributed by atoms with Crippen LogP contribution in [0, 0.1) is 10.7 Å². The standard InChI is InChI=1S/C20H21FN4O2S/c1-26-18-8-2-15(3-9-18)19-22-25(20(28)27-19)14-23-10-12-24(13-11-23)17-6-4-16(21)5-7-17/h2-9H,10-14H2,1H3/p+1. The summed E-state index contributed by atoms with van der Waals surface area (Å²) < 4.78 is 25.7. The van der Waals surface area contributed by atoms with Crippen LogP contribution in [0.3, 0.4) is 0 Å². The molecule has 2 aromatic carbocycles. The number of hydrogen-bond donors (Lipinski definition) is 1. The third-order valence-electron chi connectivity index (χ3n) is 4.98. The maximum Gasteiger partial charge on any atom is 0.292 e. The topological polar surface area (TPSA) is 47.9 Å². The molecule has 3 aromatic rings. The lowest BCUT2D eigenvalue weighted by Gasteiger charge is -2.33. The molecular formula is C20H22FN4O2S+. The Balaban J connectivity index is 1.39. The molecular weight excluding hydrogens is 379 g/mol. The molecule has 0 atom stereocenters. The van der Waals surface area contributed by atoms with Crippen LogP contribution in [0.1, 0.15) is 0 Å². The average molecular weight is 401 g/mol. The molecule has 0 saturated carbocycles. The van der Waals surface area contributed by atoms with Gasteiger partial charge in [0.1, 0.15) is 11.6 Å². The second kappa shape index (κ2) is 8.12. The molecule has 0 unspecified atom stereocenters. The molecule has 0 spiro atoms. The Bertz CT molecular complexity index is 977. The molecule has 0 bridgehead atoms. The summed E-state index contributed by atoms with van der Waals surface area (Å²) >= 11 is 5.35. The third kappa shape index (κ3) is 4.07. The number of rotatable bonds is 5. The molecule has 1 N–H and O–H groups in total. The number of piperazine rings is 1. The van der Waals surface area contributed by atoms with Gasteiger partial charge in [0.05, 0.1) is 33.3 Å². The number of aromatic nitrogens is 2. The summed E-state index contributed by atoms with van der Waals surface area (Å²) in [6.45, 7) is 4.36. The average Bonchev–Trinajstić information content (AvgIpc) is 3.09. The van der Waals surface area contributed by atoms with E-state index in [1.54, 1.807) is 11.8 Å². The maximum absolute atomic E-state index is 13.1. The lowest BCUT2D eigenvalue weighted by Crippen LogP contribution is -3.14. The summed E-state index contributed by atoms with van der Waals surface area (Å²) in [5.74, 6) is 1.09. The lowest BCUT2D eigenvalue weighted by molar-refractivity contribution is -0.924. The van der Waals surface area contributed by atoms with E-state index in [1.807, 2.05) is 36.4 Å². The monoisotopic (exact) mass is 401 g/mol. The van der Waals surface area contributed by atoms with Gasteiger partial charge in [0.15, 0.2) is 6.67 Å². The minimum atomic E-state index is -0.207. The molecule has 8 heteroatoms. The number of methoxy groups -OCH3 is 1. The van der Waals surface area contributed by atoms with Crippen molar-refractivity contribution in [3.8, 4) is 17.2 Å². The summed E-state index contributed by atoms with van der Waals surface area (Å²) in [6, 6.07) is 14.2. The summed E-state index contributed by atoms with van der Waals surface area (Å²) in [5, 5.41) is 4.55. The van der Waals surface area contributed by atoms with Crippen molar-refractivity contribution in [1.29, 1.82) is 0 Å². The molecule has 0 radical (unpaired) electrons. The van der Waals surface area contributed by atoms with E-state index >= 15 is 0 Å². The largest absolute Gasteiger partial charge is 0.497 e. The lowest BCUT2D eigenvalue weighted by atomic mass is 10.2. The highest BCUT2D eigenvalue weighted by Gasteiger charge is 2.22. The molecule has 4 rings (SSSR count). The van der Waals surface area contributed by atoms with E-state index in [-0.39, 0.29) is 5.82 Å². The van der Waals surface area contributed by atoms with Gasteiger partial charge >= 0.3 is 0 Å². The highest BCUT2D eigenvalue weighted by atomic mass is 32.1. The maximum atomic E-state index is 13.1. The van der Waals surface area contributed by atoms with Crippen LogP contribution < -0.4 is 14.5 Å². The Morgan fingerprint density at radius 3 is 2.43 bits per heavy atom. The number of hydrogen-bond acceptors (Lipinski definition) is 5. The first-order chi connectivity index (χ1) is 13.6. The minimum Gasteiger partial charge on any atom is -0.497 e. The number of nitrogens with zero attached hydrogens (tertiary/aromatic N) is 3. The fourth-order valence-electron chi connectivity index (χ4n) is 3.36. The summed E-state index contributed by atoms with van der Waals surface area (Å²) in [4.78, 5) is 4.02. The van der Waals surface area contributed by atoms with Crippen LogP contribution in [-0.4, -0.2) is 43.1 Å². The first kappa shape index (κ1) is 18.6. The first-order valence-electron chi connectivity index (χ1n) is 9.19. The smallest absolute Gasteiger partial charge is 0.292 e. The number of benzene rings is 2. The normalized spacial score (nSPS) is 15.0. The Morgan fingerprint density at radius 2 is 1.79 bits per heavy atom. The van der Waals surface area contributed by atoms with Crippen LogP contribution in [0.4, 0.5) is 10.1 Å². The Morgan fingerprint density at radius 1 is 1.11 bits per heavy atom. The van der Waals surface area contributed by atoms with Crippen molar-refractivity contribution in [2.75, 3.05) is 38.2 Å². The third-order valence-corrected chi connectivity index (χ3v) is 5.27. The van der Waals surface area contributed by atoms with Crippen LogP contribution in [0.25, 0.3) is 11.5 Å². The highest BCUT2D eigenvalue weighted by molar-refractivity contribution is 7.71. The van der Waals surface area contributed by atoms with Gasteiger partial charge in [-0.05, 0) is 60.7 Å². The van der Waals surface area contributed by atoms with Crippen molar-refractivity contribution in [2.45, 2.75) is 6.67 Å². The molecule has 1 aromatic heterocycles.